The first-order valence-electron chi connectivity index (χ1n) is 6.43. The largest absolute Gasteiger partial charge is 0.413 e. The summed E-state index contributed by atoms with van der Waals surface area (Å²) < 4.78 is 6.22. The Balaban J connectivity index is 2.03. The van der Waals surface area contributed by atoms with Gasteiger partial charge in [0.15, 0.2) is 8.32 Å². The van der Waals surface area contributed by atoms with Gasteiger partial charge in [-0.25, -0.2) is 0 Å². The van der Waals surface area contributed by atoms with Gasteiger partial charge >= 0.3 is 0 Å². The van der Waals surface area contributed by atoms with Gasteiger partial charge in [-0.15, -0.1) is 0 Å². The minimum Gasteiger partial charge on any atom is -0.413 e. The maximum atomic E-state index is 11.5. The molecule has 16 heavy (non-hydrogen) atoms. The summed E-state index contributed by atoms with van der Waals surface area (Å²) in [5, 5.41) is 3.15. The molecule has 2 fully saturated rings. The number of hydrogen-bond donors (Lipinski definition) is 1. The van der Waals surface area contributed by atoms with Crippen LogP contribution in [0, 0.1) is 5.92 Å². The number of carbonyl (C=O) groups excluding carboxylic acids is 1. The summed E-state index contributed by atoms with van der Waals surface area (Å²) in [5.41, 5.74) is 0. The molecule has 4 heteroatoms. The van der Waals surface area contributed by atoms with Crippen LogP contribution >= 0.6 is 0 Å². The Morgan fingerprint density at radius 3 is 2.69 bits per heavy atom. The lowest BCUT2D eigenvalue weighted by molar-refractivity contribution is -0.126. The van der Waals surface area contributed by atoms with Crippen molar-refractivity contribution in [2.45, 2.75) is 63.9 Å². The van der Waals surface area contributed by atoms with Gasteiger partial charge in [0.2, 0.25) is 5.91 Å². The fourth-order valence-electron chi connectivity index (χ4n) is 2.94. The number of carbonyl (C=O) groups is 1. The Kier molecular flexibility index (Phi) is 3.40. The summed E-state index contributed by atoms with van der Waals surface area (Å²) in [6.07, 6.45) is 5.67. The molecule has 0 radical (unpaired) electrons. The van der Waals surface area contributed by atoms with Crippen LogP contribution in [0.4, 0.5) is 0 Å². The van der Waals surface area contributed by atoms with E-state index in [1.54, 1.807) is 0 Å². The van der Waals surface area contributed by atoms with Crippen LogP contribution in [0.15, 0.2) is 0 Å². The van der Waals surface area contributed by atoms with Crippen molar-refractivity contribution in [1.82, 2.24) is 5.32 Å². The van der Waals surface area contributed by atoms with Crippen molar-refractivity contribution in [2.75, 3.05) is 0 Å². The predicted octanol–water partition coefficient (Wildman–Crippen LogP) is 2.29. The lowest BCUT2D eigenvalue weighted by atomic mass is 9.78. The monoisotopic (exact) mass is 241 g/mol. The van der Waals surface area contributed by atoms with Gasteiger partial charge in [-0.2, -0.15) is 0 Å². The molecule has 1 aliphatic carbocycles. The van der Waals surface area contributed by atoms with Crippen molar-refractivity contribution in [3.63, 3.8) is 0 Å². The molecule has 3 unspecified atom stereocenters. The van der Waals surface area contributed by atoms with E-state index in [0.29, 0.717) is 18.4 Å². The lowest BCUT2D eigenvalue weighted by Crippen LogP contribution is -2.56. The molecule has 3 atom stereocenters. The van der Waals surface area contributed by atoms with Crippen molar-refractivity contribution in [3.05, 3.63) is 0 Å². The van der Waals surface area contributed by atoms with E-state index in [2.05, 4.69) is 25.0 Å². The third-order valence-electron chi connectivity index (χ3n) is 3.55. The minimum absolute atomic E-state index is 0.215. The van der Waals surface area contributed by atoms with Gasteiger partial charge in [0.1, 0.15) is 0 Å². The van der Waals surface area contributed by atoms with Crippen molar-refractivity contribution >= 4 is 14.2 Å². The smallest absolute Gasteiger partial charge is 0.220 e. The third kappa shape index (κ3) is 2.86. The van der Waals surface area contributed by atoms with Gasteiger partial charge in [-0.3, -0.25) is 4.79 Å². The number of rotatable bonds is 2. The first kappa shape index (κ1) is 12.1. The molecule has 0 bridgehead atoms. The van der Waals surface area contributed by atoms with E-state index in [4.69, 9.17) is 4.43 Å². The first-order chi connectivity index (χ1) is 7.46. The highest BCUT2D eigenvalue weighted by atomic mass is 28.4. The lowest BCUT2D eigenvalue weighted by Gasteiger charge is -2.43. The Hall–Kier alpha value is -0.353. The topological polar surface area (TPSA) is 38.3 Å². The molecule has 3 nitrogen and oxygen atoms in total. The van der Waals surface area contributed by atoms with E-state index in [1.165, 1.54) is 12.8 Å². The van der Waals surface area contributed by atoms with Gasteiger partial charge in [0.25, 0.3) is 0 Å². The van der Waals surface area contributed by atoms with Crippen LogP contribution in [0.5, 0.6) is 0 Å². The van der Waals surface area contributed by atoms with Gasteiger partial charge in [-0.05, 0) is 44.8 Å². The number of fused-ring (bicyclic) bond motifs is 1. The predicted molar refractivity (Wildman–Crippen MR) is 66.7 cm³/mol. The van der Waals surface area contributed by atoms with E-state index in [0.717, 1.165) is 12.8 Å². The number of hydrogen-bond acceptors (Lipinski definition) is 2. The Morgan fingerprint density at radius 1 is 1.25 bits per heavy atom. The Morgan fingerprint density at radius 2 is 2.00 bits per heavy atom. The van der Waals surface area contributed by atoms with Gasteiger partial charge in [0, 0.05) is 6.42 Å². The number of nitrogens with one attached hydrogen (secondary N) is 1. The maximum absolute atomic E-state index is 11.5. The molecule has 2 aliphatic rings. The van der Waals surface area contributed by atoms with Crippen LogP contribution in [0.1, 0.15) is 32.1 Å². The molecule has 1 amide bonds. The van der Waals surface area contributed by atoms with Gasteiger partial charge in [-0.1, -0.05) is 6.42 Å². The summed E-state index contributed by atoms with van der Waals surface area (Å²) >= 11 is 0. The highest BCUT2D eigenvalue weighted by Gasteiger charge is 2.39. The summed E-state index contributed by atoms with van der Waals surface area (Å²) in [4.78, 5) is 11.5. The highest BCUT2D eigenvalue weighted by molar-refractivity contribution is 6.69. The second kappa shape index (κ2) is 4.49. The summed E-state index contributed by atoms with van der Waals surface area (Å²) in [6.45, 7) is 6.67. The molecule has 2 rings (SSSR count). The molecule has 92 valence electrons. The number of amides is 1. The molecular weight excluding hydrogens is 218 g/mol. The second-order valence-electron chi connectivity index (χ2n) is 6.09. The normalized spacial score (nSPS) is 35.4. The molecular formula is C12H23NO2Si. The molecule has 0 spiro atoms. The Labute approximate surface area is 99.1 Å². The van der Waals surface area contributed by atoms with E-state index >= 15 is 0 Å². The third-order valence-corrected chi connectivity index (χ3v) is 4.56. The van der Waals surface area contributed by atoms with E-state index in [9.17, 15) is 4.79 Å². The van der Waals surface area contributed by atoms with Crippen molar-refractivity contribution < 1.29 is 9.22 Å². The van der Waals surface area contributed by atoms with Crippen molar-refractivity contribution in [1.29, 1.82) is 0 Å². The number of piperidine rings is 1. The van der Waals surface area contributed by atoms with Crippen LogP contribution < -0.4 is 5.32 Å². The fourth-order valence-corrected chi connectivity index (χ4v) is 4.11. The zero-order chi connectivity index (χ0) is 11.8. The SMILES string of the molecule is C[Si](C)(C)OC1CCCC2CCC(=O)NC21. The average molecular weight is 241 g/mol. The minimum atomic E-state index is -1.49. The molecule has 0 aromatic heterocycles. The van der Waals surface area contributed by atoms with E-state index in [-0.39, 0.29) is 12.0 Å². The van der Waals surface area contributed by atoms with E-state index < -0.39 is 8.32 Å². The van der Waals surface area contributed by atoms with Crippen LogP contribution in [0.3, 0.4) is 0 Å². The fraction of sp³-hybridized carbons (Fsp3) is 0.917. The maximum Gasteiger partial charge on any atom is 0.220 e. The molecule has 1 aliphatic heterocycles. The van der Waals surface area contributed by atoms with Crippen LogP contribution in [0.25, 0.3) is 0 Å². The molecule has 1 saturated carbocycles. The first-order valence-corrected chi connectivity index (χ1v) is 9.84. The van der Waals surface area contributed by atoms with Crippen LogP contribution in [-0.2, 0) is 9.22 Å². The van der Waals surface area contributed by atoms with E-state index in [1.807, 2.05) is 0 Å². The molecule has 1 N–H and O–H groups in total. The Bertz CT molecular complexity index is 275. The highest BCUT2D eigenvalue weighted by Crippen LogP contribution is 2.33. The standard InChI is InChI=1S/C12H23NO2Si/c1-16(2,3)15-10-6-4-5-9-7-8-11(14)13-12(9)10/h9-10,12H,4-8H2,1-3H3,(H,13,14). The summed E-state index contributed by atoms with van der Waals surface area (Å²) in [5.74, 6) is 0.875. The van der Waals surface area contributed by atoms with Crippen LogP contribution in [-0.4, -0.2) is 26.4 Å². The quantitative estimate of drug-likeness (QED) is 0.753. The van der Waals surface area contributed by atoms with Gasteiger partial charge < -0.3 is 9.74 Å². The average Bonchev–Trinajstić information content (AvgIpc) is 2.17. The second-order valence-corrected chi connectivity index (χ2v) is 10.6. The van der Waals surface area contributed by atoms with Crippen LogP contribution in [0.2, 0.25) is 19.6 Å². The molecule has 0 aromatic rings. The zero-order valence-electron chi connectivity index (χ0n) is 10.6. The van der Waals surface area contributed by atoms with Gasteiger partial charge in [0.05, 0.1) is 12.1 Å². The van der Waals surface area contributed by atoms with Crippen molar-refractivity contribution in [3.8, 4) is 0 Å². The summed E-state index contributed by atoms with van der Waals surface area (Å²) in [7, 11) is -1.49. The molecule has 1 heterocycles. The molecule has 1 saturated heterocycles. The zero-order valence-corrected chi connectivity index (χ0v) is 11.6. The summed E-state index contributed by atoms with van der Waals surface area (Å²) in [6, 6.07) is 0.293. The molecule has 0 aromatic carbocycles. The van der Waals surface area contributed by atoms with Crippen molar-refractivity contribution in [2.24, 2.45) is 5.92 Å².